The molecule has 8 heteroatoms. The maximum absolute atomic E-state index is 5.91. The zero-order valence-electron chi connectivity index (χ0n) is 17.9. The van der Waals surface area contributed by atoms with Gasteiger partial charge in [0.2, 0.25) is 0 Å². The summed E-state index contributed by atoms with van der Waals surface area (Å²) in [6.07, 6.45) is 0.935. The number of likely N-dealkylation sites (N-methyl/N-ethyl adjacent to an activating group) is 1. The molecule has 0 aliphatic rings. The molecule has 0 aromatic heterocycles. The highest BCUT2D eigenvalue weighted by Gasteiger charge is 2.07. The summed E-state index contributed by atoms with van der Waals surface area (Å²) in [5.74, 6) is 2.29. The van der Waals surface area contributed by atoms with Crippen molar-refractivity contribution in [3.63, 3.8) is 0 Å². The van der Waals surface area contributed by atoms with Crippen LogP contribution in [0.25, 0.3) is 0 Å². The number of nitrogens with zero attached hydrogens (tertiary/aromatic N) is 2. The normalized spacial score (nSPS) is 11.1. The molecule has 0 saturated carbocycles. The Morgan fingerprint density at radius 1 is 1.07 bits per heavy atom. The molecular weight excluding hydrogens is 471 g/mol. The molecule has 0 aliphatic carbocycles. The van der Waals surface area contributed by atoms with Crippen molar-refractivity contribution in [1.29, 1.82) is 0 Å². The second-order valence-corrected chi connectivity index (χ2v) is 6.06. The van der Waals surface area contributed by atoms with Crippen LogP contribution in [0.15, 0.2) is 23.2 Å². The minimum Gasteiger partial charge on any atom is -0.493 e. The Morgan fingerprint density at radius 2 is 1.82 bits per heavy atom. The molecule has 0 unspecified atom stereocenters. The molecular formula is C20H37IN4O3. The number of nitrogens with one attached hydrogen (secondary N) is 2. The van der Waals surface area contributed by atoms with Crippen LogP contribution in [-0.4, -0.2) is 71.5 Å². The van der Waals surface area contributed by atoms with Gasteiger partial charge in [0, 0.05) is 40.4 Å². The summed E-state index contributed by atoms with van der Waals surface area (Å²) in [6.45, 7) is 10.1. The molecule has 28 heavy (non-hydrogen) atoms. The van der Waals surface area contributed by atoms with Crippen molar-refractivity contribution >= 4 is 29.9 Å². The smallest absolute Gasteiger partial charge is 0.191 e. The molecule has 7 nitrogen and oxygen atoms in total. The molecule has 0 atom stereocenters. The van der Waals surface area contributed by atoms with Crippen molar-refractivity contribution in [2.75, 3.05) is 60.7 Å². The minimum absolute atomic E-state index is 0. The Bertz CT molecular complexity index is 554. The van der Waals surface area contributed by atoms with Crippen LogP contribution in [0.4, 0.5) is 0 Å². The Kier molecular flexibility index (Phi) is 15.9. The number of methoxy groups -OCH3 is 2. The maximum Gasteiger partial charge on any atom is 0.191 e. The van der Waals surface area contributed by atoms with Gasteiger partial charge in [0.1, 0.15) is 6.61 Å². The average Bonchev–Trinajstić information content (AvgIpc) is 2.71. The van der Waals surface area contributed by atoms with Crippen molar-refractivity contribution in [2.24, 2.45) is 4.99 Å². The monoisotopic (exact) mass is 508 g/mol. The van der Waals surface area contributed by atoms with E-state index in [1.54, 1.807) is 21.3 Å². The van der Waals surface area contributed by atoms with Crippen LogP contribution in [0.5, 0.6) is 11.5 Å². The van der Waals surface area contributed by atoms with Gasteiger partial charge >= 0.3 is 0 Å². The molecule has 0 fully saturated rings. The third-order valence-electron chi connectivity index (χ3n) is 4.29. The van der Waals surface area contributed by atoms with Crippen molar-refractivity contribution < 1.29 is 14.2 Å². The van der Waals surface area contributed by atoms with E-state index in [4.69, 9.17) is 14.2 Å². The Labute approximate surface area is 187 Å². The summed E-state index contributed by atoms with van der Waals surface area (Å²) in [5, 5.41) is 6.56. The number of rotatable bonds is 13. The maximum atomic E-state index is 5.91. The van der Waals surface area contributed by atoms with Crippen molar-refractivity contribution in [3.05, 3.63) is 23.8 Å². The summed E-state index contributed by atoms with van der Waals surface area (Å²) in [6, 6.07) is 6.01. The molecule has 1 rings (SSSR count). The van der Waals surface area contributed by atoms with Gasteiger partial charge in [-0.25, -0.2) is 0 Å². The Hall–Kier alpha value is -1.26. The van der Waals surface area contributed by atoms with Crippen molar-refractivity contribution in [2.45, 2.75) is 26.8 Å². The lowest BCUT2D eigenvalue weighted by atomic mass is 10.2. The highest BCUT2D eigenvalue weighted by atomic mass is 127. The zero-order valence-corrected chi connectivity index (χ0v) is 20.2. The lowest BCUT2D eigenvalue weighted by Gasteiger charge is -2.19. The fourth-order valence-corrected chi connectivity index (χ4v) is 2.60. The van der Waals surface area contributed by atoms with E-state index in [1.165, 1.54) is 0 Å². The first kappa shape index (κ1) is 26.7. The SMILES string of the molecule is CCN(CC)CCOc1ccc(CNC(=NC)NCCCOC)cc1OC.I. The molecule has 0 heterocycles. The fraction of sp³-hybridized carbons (Fsp3) is 0.650. The third-order valence-corrected chi connectivity index (χ3v) is 4.29. The third kappa shape index (κ3) is 10.3. The van der Waals surface area contributed by atoms with Gasteiger partial charge in [-0.2, -0.15) is 0 Å². The quantitative estimate of drug-likeness (QED) is 0.185. The molecule has 0 radical (unpaired) electrons. The van der Waals surface area contributed by atoms with Gasteiger partial charge in [-0.05, 0) is 37.2 Å². The Morgan fingerprint density at radius 3 is 2.43 bits per heavy atom. The van der Waals surface area contributed by atoms with E-state index in [0.717, 1.165) is 62.2 Å². The van der Waals surface area contributed by atoms with Crippen LogP contribution < -0.4 is 20.1 Å². The summed E-state index contributed by atoms with van der Waals surface area (Å²) < 4.78 is 16.4. The van der Waals surface area contributed by atoms with E-state index in [2.05, 4.69) is 34.4 Å². The topological polar surface area (TPSA) is 67.4 Å². The summed E-state index contributed by atoms with van der Waals surface area (Å²) in [5.41, 5.74) is 1.10. The van der Waals surface area contributed by atoms with Gasteiger partial charge < -0.3 is 29.7 Å². The molecule has 162 valence electrons. The van der Waals surface area contributed by atoms with Gasteiger partial charge in [-0.15, -0.1) is 24.0 Å². The first-order chi connectivity index (χ1) is 13.2. The van der Waals surface area contributed by atoms with Crippen LogP contribution in [0.2, 0.25) is 0 Å². The highest BCUT2D eigenvalue weighted by Crippen LogP contribution is 2.28. The minimum atomic E-state index is 0. The van der Waals surface area contributed by atoms with E-state index in [-0.39, 0.29) is 24.0 Å². The van der Waals surface area contributed by atoms with Crippen LogP contribution in [0.3, 0.4) is 0 Å². The second kappa shape index (κ2) is 16.7. The molecule has 0 saturated heterocycles. The van der Waals surface area contributed by atoms with Crippen LogP contribution >= 0.6 is 24.0 Å². The van der Waals surface area contributed by atoms with Crippen LogP contribution in [-0.2, 0) is 11.3 Å². The first-order valence-electron chi connectivity index (χ1n) is 9.63. The lowest BCUT2D eigenvalue weighted by molar-refractivity contribution is 0.195. The number of halogens is 1. The number of ether oxygens (including phenoxy) is 3. The Balaban J connectivity index is 0.00000729. The zero-order chi connectivity index (χ0) is 19.9. The number of hydrogen-bond donors (Lipinski definition) is 2. The number of guanidine groups is 1. The second-order valence-electron chi connectivity index (χ2n) is 6.06. The number of benzene rings is 1. The highest BCUT2D eigenvalue weighted by molar-refractivity contribution is 14.0. The largest absolute Gasteiger partial charge is 0.493 e. The molecule has 1 aromatic rings. The van der Waals surface area contributed by atoms with E-state index >= 15 is 0 Å². The molecule has 0 amide bonds. The van der Waals surface area contributed by atoms with E-state index in [9.17, 15) is 0 Å². The average molecular weight is 508 g/mol. The predicted octanol–water partition coefficient (Wildman–Crippen LogP) is 2.74. The van der Waals surface area contributed by atoms with Crippen molar-refractivity contribution in [1.82, 2.24) is 15.5 Å². The first-order valence-corrected chi connectivity index (χ1v) is 9.63. The molecule has 0 aliphatic heterocycles. The predicted molar refractivity (Wildman–Crippen MR) is 126 cm³/mol. The van der Waals surface area contributed by atoms with Gasteiger partial charge in [0.25, 0.3) is 0 Å². The lowest BCUT2D eigenvalue weighted by Crippen LogP contribution is -2.37. The van der Waals surface area contributed by atoms with E-state index in [1.807, 2.05) is 18.2 Å². The van der Waals surface area contributed by atoms with Gasteiger partial charge in [-0.1, -0.05) is 19.9 Å². The van der Waals surface area contributed by atoms with Gasteiger partial charge in [-0.3, -0.25) is 4.99 Å². The van der Waals surface area contributed by atoms with Gasteiger partial charge in [0.15, 0.2) is 17.5 Å². The molecule has 0 spiro atoms. The van der Waals surface area contributed by atoms with E-state index < -0.39 is 0 Å². The summed E-state index contributed by atoms with van der Waals surface area (Å²) >= 11 is 0. The van der Waals surface area contributed by atoms with Crippen LogP contribution in [0.1, 0.15) is 25.8 Å². The fourth-order valence-electron chi connectivity index (χ4n) is 2.60. The molecule has 0 bridgehead atoms. The summed E-state index contributed by atoms with van der Waals surface area (Å²) in [4.78, 5) is 6.56. The standard InChI is InChI=1S/C20H36N4O3.HI/c1-6-24(7-2)12-14-27-18-10-9-17(15-19(18)26-5)16-23-20(21-3)22-11-8-13-25-4;/h9-10,15H,6-8,11-14,16H2,1-5H3,(H2,21,22,23);1H. The summed E-state index contributed by atoms with van der Waals surface area (Å²) in [7, 11) is 5.14. The molecule has 2 N–H and O–H groups in total. The van der Waals surface area contributed by atoms with Gasteiger partial charge in [0.05, 0.1) is 7.11 Å². The van der Waals surface area contributed by atoms with E-state index in [0.29, 0.717) is 13.2 Å². The number of aliphatic imine (C=N–C) groups is 1. The van der Waals surface area contributed by atoms with Crippen molar-refractivity contribution in [3.8, 4) is 11.5 Å². The molecule has 1 aromatic carbocycles. The number of hydrogen-bond acceptors (Lipinski definition) is 5. The van der Waals surface area contributed by atoms with Crippen LogP contribution in [0, 0.1) is 0 Å².